The van der Waals surface area contributed by atoms with Crippen molar-refractivity contribution in [2.75, 3.05) is 0 Å². The molecule has 6 heteroatoms. The summed E-state index contributed by atoms with van der Waals surface area (Å²) in [4.78, 5) is 20.2. The summed E-state index contributed by atoms with van der Waals surface area (Å²) in [6.07, 6.45) is 5.03. The van der Waals surface area contributed by atoms with E-state index in [-0.39, 0.29) is 11.5 Å². The Morgan fingerprint density at radius 1 is 1.36 bits per heavy atom. The van der Waals surface area contributed by atoms with Gasteiger partial charge < -0.3 is 5.11 Å². The summed E-state index contributed by atoms with van der Waals surface area (Å²) in [5.41, 5.74) is 2.57. The van der Waals surface area contributed by atoms with Gasteiger partial charge in [0.25, 0.3) is 0 Å². The molecule has 0 saturated carbocycles. The Hall–Kier alpha value is -2.76. The largest absolute Gasteiger partial charge is 0.478 e. The van der Waals surface area contributed by atoms with Crippen LogP contribution in [0.1, 0.15) is 41.4 Å². The number of aromatic nitrogens is 4. The van der Waals surface area contributed by atoms with Crippen LogP contribution >= 0.6 is 0 Å². The zero-order valence-corrected chi connectivity index (χ0v) is 12.4. The monoisotopic (exact) mass is 296 g/mol. The maximum Gasteiger partial charge on any atom is 0.336 e. The van der Waals surface area contributed by atoms with Crippen molar-refractivity contribution < 1.29 is 9.90 Å². The van der Waals surface area contributed by atoms with E-state index in [1.807, 2.05) is 26.0 Å². The lowest BCUT2D eigenvalue weighted by molar-refractivity contribution is 0.0699. The van der Waals surface area contributed by atoms with E-state index in [1.165, 1.54) is 0 Å². The molecule has 112 valence electrons. The lowest BCUT2D eigenvalue weighted by atomic mass is 10.1. The molecule has 3 heterocycles. The number of aromatic carboxylic acids is 1. The predicted octanol–water partition coefficient (Wildman–Crippen LogP) is 2.70. The molecule has 3 aromatic heterocycles. The van der Waals surface area contributed by atoms with E-state index >= 15 is 0 Å². The van der Waals surface area contributed by atoms with Crippen molar-refractivity contribution in [3.63, 3.8) is 0 Å². The number of carboxylic acids is 1. The zero-order valence-electron chi connectivity index (χ0n) is 12.4. The van der Waals surface area contributed by atoms with Crippen LogP contribution in [0, 0.1) is 0 Å². The van der Waals surface area contributed by atoms with E-state index in [2.05, 4.69) is 15.1 Å². The van der Waals surface area contributed by atoms with Gasteiger partial charge in [-0.05, 0) is 23.6 Å². The molecule has 0 aliphatic carbocycles. The quantitative estimate of drug-likeness (QED) is 0.800. The van der Waals surface area contributed by atoms with Crippen LogP contribution in [0.25, 0.3) is 11.0 Å². The third kappa shape index (κ3) is 2.55. The first kappa shape index (κ1) is 14.2. The lowest BCUT2D eigenvalue weighted by Crippen LogP contribution is -2.06. The fourth-order valence-corrected chi connectivity index (χ4v) is 2.32. The SMILES string of the molecule is CC(C)c1cc(C(=O)O)c2cnn(Cc3cccnc3)c2n1. The second kappa shape index (κ2) is 5.55. The highest BCUT2D eigenvalue weighted by atomic mass is 16.4. The topological polar surface area (TPSA) is 80.9 Å². The van der Waals surface area contributed by atoms with E-state index < -0.39 is 5.97 Å². The predicted molar refractivity (Wildman–Crippen MR) is 81.9 cm³/mol. The molecule has 6 nitrogen and oxygen atoms in total. The molecule has 0 saturated heterocycles. The van der Waals surface area contributed by atoms with Gasteiger partial charge in [-0.25, -0.2) is 14.5 Å². The summed E-state index contributed by atoms with van der Waals surface area (Å²) < 4.78 is 1.71. The average molecular weight is 296 g/mol. The number of hydrogen-bond donors (Lipinski definition) is 1. The first-order valence-corrected chi connectivity index (χ1v) is 7.05. The van der Waals surface area contributed by atoms with Crippen LogP contribution in [0.3, 0.4) is 0 Å². The minimum Gasteiger partial charge on any atom is -0.478 e. The Labute approximate surface area is 127 Å². The normalized spacial score (nSPS) is 11.2. The minimum atomic E-state index is -0.963. The third-order valence-corrected chi connectivity index (χ3v) is 3.51. The number of carbonyl (C=O) groups is 1. The van der Waals surface area contributed by atoms with Crippen LogP contribution in [0.2, 0.25) is 0 Å². The fraction of sp³-hybridized carbons (Fsp3) is 0.250. The molecule has 0 aliphatic rings. The summed E-state index contributed by atoms with van der Waals surface area (Å²) in [7, 11) is 0. The molecule has 0 unspecified atom stereocenters. The summed E-state index contributed by atoms with van der Waals surface area (Å²) >= 11 is 0. The van der Waals surface area contributed by atoms with Crippen molar-refractivity contribution in [2.24, 2.45) is 0 Å². The highest BCUT2D eigenvalue weighted by Gasteiger charge is 2.17. The zero-order chi connectivity index (χ0) is 15.7. The summed E-state index contributed by atoms with van der Waals surface area (Å²) in [6.45, 7) is 4.48. The van der Waals surface area contributed by atoms with Gasteiger partial charge in [0.15, 0.2) is 5.65 Å². The Bertz CT molecular complexity index is 825. The molecular formula is C16H16N4O2. The van der Waals surface area contributed by atoms with Gasteiger partial charge in [-0.2, -0.15) is 5.10 Å². The Morgan fingerprint density at radius 2 is 2.18 bits per heavy atom. The standard InChI is InChI=1S/C16H16N4O2/c1-10(2)14-6-12(16(21)22)13-8-18-20(15(13)19-14)9-11-4-3-5-17-7-11/h3-8,10H,9H2,1-2H3,(H,21,22). The van der Waals surface area contributed by atoms with Crippen molar-refractivity contribution in [1.29, 1.82) is 0 Å². The lowest BCUT2D eigenvalue weighted by Gasteiger charge is -2.08. The third-order valence-electron chi connectivity index (χ3n) is 3.51. The van der Waals surface area contributed by atoms with Gasteiger partial charge in [-0.1, -0.05) is 19.9 Å². The number of nitrogens with zero attached hydrogens (tertiary/aromatic N) is 4. The Balaban J connectivity index is 2.14. The van der Waals surface area contributed by atoms with E-state index in [0.29, 0.717) is 17.6 Å². The van der Waals surface area contributed by atoms with Crippen molar-refractivity contribution in [3.8, 4) is 0 Å². The van der Waals surface area contributed by atoms with Crippen LogP contribution in [-0.4, -0.2) is 30.8 Å². The van der Waals surface area contributed by atoms with Crippen LogP contribution in [0.5, 0.6) is 0 Å². The molecule has 3 rings (SSSR count). The molecule has 0 bridgehead atoms. The van der Waals surface area contributed by atoms with E-state index in [1.54, 1.807) is 29.3 Å². The first-order chi connectivity index (χ1) is 10.6. The van der Waals surface area contributed by atoms with Gasteiger partial charge in [-0.3, -0.25) is 4.98 Å². The molecule has 22 heavy (non-hydrogen) atoms. The van der Waals surface area contributed by atoms with Crippen molar-refractivity contribution in [1.82, 2.24) is 19.7 Å². The molecule has 0 aromatic carbocycles. The van der Waals surface area contributed by atoms with Gasteiger partial charge in [0.1, 0.15) is 0 Å². The smallest absolute Gasteiger partial charge is 0.336 e. The maximum absolute atomic E-state index is 11.5. The average Bonchev–Trinajstić information content (AvgIpc) is 2.90. The number of carboxylic acid groups (broad SMARTS) is 1. The number of hydrogen-bond acceptors (Lipinski definition) is 4. The van der Waals surface area contributed by atoms with Gasteiger partial charge in [0, 0.05) is 18.1 Å². The Morgan fingerprint density at radius 3 is 2.82 bits per heavy atom. The number of fused-ring (bicyclic) bond motifs is 1. The van der Waals surface area contributed by atoms with E-state index in [0.717, 1.165) is 11.3 Å². The van der Waals surface area contributed by atoms with Crippen LogP contribution in [0.4, 0.5) is 0 Å². The molecule has 1 N–H and O–H groups in total. The molecule has 0 fully saturated rings. The number of rotatable bonds is 4. The summed E-state index contributed by atoms with van der Waals surface area (Å²) in [6, 6.07) is 5.44. The molecule has 0 aliphatic heterocycles. The van der Waals surface area contributed by atoms with E-state index in [9.17, 15) is 9.90 Å². The first-order valence-electron chi connectivity index (χ1n) is 7.05. The van der Waals surface area contributed by atoms with Gasteiger partial charge in [0.05, 0.1) is 23.7 Å². The van der Waals surface area contributed by atoms with Gasteiger partial charge in [-0.15, -0.1) is 0 Å². The molecule has 3 aromatic rings. The summed E-state index contributed by atoms with van der Waals surface area (Å²) in [5, 5.41) is 14.3. The minimum absolute atomic E-state index is 0.143. The summed E-state index contributed by atoms with van der Waals surface area (Å²) in [5.74, 6) is -0.820. The van der Waals surface area contributed by atoms with E-state index in [4.69, 9.17) is 0 Å². The van der Waals surface area contributed by atoms with Crippen molar-refractivity contribution in [2.45, 2.75) is 26.3 Å². The molecule has 0 radical (unpaired) electrons. The number of pyridine rings is 2. The van der Waals surface area contributed by atoms with Gasteiger partial charge >= 0.3 is 5.97 Å². The second-order valence-corrected chi connectivity index (χ2v) is 5.46. The van der Waals surface area contributed by atoms with Crippen LogP contribution < -0.4 is 0 Å². The van der Waals surface area contributed by atoms with Crippen LogP contribution in [0.15, 0.2) is 36.8 Å². The van der Waals surface area contributed by atoms with Crippen molar-refractivity contribution in [3.05, 3.63) is 53.6 Å². The fourth-order valence-electron chi connectivity index (χ4n) is 2.32. The van der Waals surface area contributed by atoms with Crippen molar-refractivity contribution >= 4 is 17.0 Å². The molecule has 0 atom stereocenters. The molecule has 0 spiro atoms. The highest BCUT2D eigenvalue weighted by Crippen LogP contribution is 2.23. The second-order valence-electron chi connectivity index (χ2n) is 5.46. The van der Waals surface area contributed by atoms with Crippen LogP contribution in [-0.2, 0) is 6.54 Å². The maximum atomic E-state index is 11.5. The van der Waals surface area contributed by atoms with Gasteiger partial charge in [0.2, 0.25) is 0 Å². The molecule has 0 amide bonds. The highest BCUT2D eigenvalue weighted by molar-refractivity contribution is 6.01. The molecular weight excluding hydrogens is 280 g/mol. The Kier molecular flexibility index (Phi) is 3.58.